The Morgan fingerprint density at radius 3 is 2.89 bits per heavy atom. The van der Waals surface area contributed by atoms with Crippen molar-refractivity contribution in [3.05, 3.63) is 55.5 Å². The smallest absolute Gasteiger partial charge is 0.251 e. The second-order valence-electron chi connectivity index (χ2n) is 4.19. The van der Waals surface area contributed by atoms with Crippen molar-refractivity contribution in [2.24, 2.45) is 0 Å². The molecule has 0 aromatic carbocycles. The normalized spacial score (nSPS) is 10.4. The van der Waals surface area contributed by atoms with Gasteiger partial charge in [-0.1, -0.05) is 0 Å². The fourth-order valence-electron chi connectivity index (χ4n) is 1.64. The van der Waals surface area contributed by atoms with E-state index in [4.69, 9.17) is 0 Å². The Kier molecular flexibility index (Phi) is 4.55. The number of amides is 1. The zero-order chi connectivity index (χ0) is 13.8. The molecule has 2 aromatic heterocycles. The van der Waals surface area contributed by atoms with Crippen molar-refractivity contribution in [3.63, 3.8) is 0 Å². The van der Waals surface area contributed by atoms with Crippen LogP contribution in [0.25, 0.3) is 0 Å². The fraction of sp³-hybridized carbons (Fsp3) is 0.231. The molecule has 2 aromatic rings. The first-order valence-electron chi connectivity index (χ1n) is 5.67. The lowest BCUT2D eigenvalue weighted by Gasteiger charge is -2.17. The molecule has 0 aliphatic heterocycles. The summed E-state index contributed by atoms with van der Waals surface area (Å²) in [5, 5.41) is 3.99. The number of thiophene rings is 1. The van der Waals surface area contributed by atoms with Crippen molar-refractivity contribution >= 4 is 33.2 Å². The predicted molar refractivity (Wildman–Crippen MR) is 79.2 cm³/mol. The lowest BCUT2D eigenvalue weighted by Crippen LogP contribution is -2.33. The summed E-state index contributed by atoms with van der Waals surface area (Å²) in [7, 11) is 1.74. The van der Waals surface area contributed by atoms with Gasteiger partial charge in [-0.2, -0.15) is 11.3 Å². The van der Waals surface area contributed by atoms with E-state index < -0.39 is 0 Å². The number of carbonyl (C=O) groups is 1. The Bertz CT molecular complexity index is 622. The quantitative estimate of drug-likeness (QED) is 0.857. The average molecular weight is 341 g/mol. The van der Waals surface area contributed by atoms with Gasteiger partial charge in [-0.15, -0.1) is 0 Å². The van der Waals surface area contributed by atoms with Crippen LogP contribution in [0.2, 0.25) is 0 Å². The molecule has 6 heteroatoms. The number of aromatic nitrogens is 1. The Hall–Kier alpha value is -1.40. The van der Waals surface area contributed by atoms with Crippen molar-refractivity contribution in [2.45, 2.75) is 13.1 Å². The maximum atomic E-state index is 12.1. The van der Waals surface area contributed by atoms with E-state index in [9.17, 15) is 9.59 Å². The molecule has 0 spiro atoms. The van der Waals surface area contributed by atoms with E-state index in [0.717, 1.165) is 10.0 Å². The summed E-state index contributed by atoms with van der Waals surface area (Å²) < 4.78 is 2.18. The van der Waals surface area contributed by atoms with E-state index >= 15 is 0 Å². The van der Waals surface area contributed by atoms with Crippen LogP contribution in [-0.4, -0.2) is 22.4 Å². The van der Waals surface area contributed by atoms with Gasteiger partial charge in [0.25, 0.3) is 5.56 Å². The highest BCUT2D eigenvalue weighted by Crippen LogP contribution is 2.09. The number of nitrogens with zero attached hydrogens (tertiary/aromatic N) is 2. The molecule has 19 heavy (non-hydrogen) atoms. The van der Waals surface area contributed by atoms with E-state index in [0.29, 0.717) is 6.54 Å². The SMILES string of the molecule is CN(Cc1ccsc1)C(=O)Cn1cc(Br)ccc1=O. The zero-order valence-electron chi connectivity index (χ0n) is 10.4. The molecule has 0 saturated heterocycles. The molecule has 0 bridgehead atoms. The van der Waals surface area contributed by atoms with Gasteiger partial charge in [0.05, 0.1) is 0 Å². The second kappa shape index (κ2) is 6.16. The van der Waals surface area contributed by atoms with Gasteiger partial charge in [-0.3, -0.25) is 9.59 Å². The molecule has 0 fully saturated rings. The molecule has 1 amide bonds. The molecule has 0 N–H and O–H groups in total. The highest BCUT2D eigenvalue weighted by atomic mass is 79.9. The van der Waals surface area contributed by atoms with Gasteiger partial charge >= 0.3 is 0 Å². The predicted octanol–water partition coefficient (Wildman–Crippen LogP) is 2.33. The minimum atomic E-state index is -0.180. The van der Waals surface area contributed by atoms with E-state index in [-0.39, 0.29) is 18.0 Å². The van der Waals surface area contributed by atoms with Crippen molar-refractivity contribution in [2.75, 3.05) is 7.05 Å². The van der Waals surface area contributed by atoms with Gasteiger partial charge in [-0.25, -0.2) is 0 Å². The molecular formula is C13H13BrN2O2S. The van der Waals surface area contributed by atoms with Gasteiger partial charge in [0.2, 0.25) is 5.91 Å². The third kappa shape index (κ3) is 3.78. The third-order valence-corrected chi connectivity index (χ3v) is 3.88. The first-order valence-corrected chi connectivity index (χ1v) is 7.41. The summed E-state index contributed by atoms with van der Waals surface area (Å²) in [6.07, 6.45) is 1.62. The van der Waals surface area contributed by atoms with Crippen LogP contribution < -0.4 is 5.56 Å². The van der Waals surface area contributed by atoms with Crippen LogP contribution in [0.15, 0.2) is 44.4 Å². The van der Waals surface area contributed by atoms with Crippen LogP contribution in [0.4, 0.5) is 0 Å². The van der Waals surface area contributed by atoms with E-state index in [1.54, 1.807) is 35.5 Å². The number of pyridine rings is 1. The van der Waals surface area contributed by atoms with E-state index in [2.05, 4.69) is 15.9 Å². The summed E-state index contributed by atoms with van der Waals surface area (Å²) >= 11 is 4.89. The fourth-order valence-corrected chi connectivity index (χ4v) is 2.68. The van der Waals surface area contributed by atoms with Gasteiger partial charge < -0.3 is 9.47 Å². The molecule has 0 radical (unpaired) electrons. The standard InChI is InChI=1S/C13H13BrN2O2S/c1-15(6-10-4-5-19-9-10)13(18)8-16-7-11(14)2-3-12(16)17/h2-5,7,9H,6,8H2,1H3. The van der Waals surface area contributed by atoms with Gasteiger partial charge in [0.1, 0.15) is 6.54 Å². The molecule has 4 nitrogen and oxygen atoms in total. The molecular weight excluding hydrogens is 328 g/mol. The summed E-state index contributed by atoms with van der Waals surface area (Å²) in [6.45, 7) is 0.615. The maximum Gasteiger partial charge on any atom is 0.251 e. The Morgan fingerprint density at radius 2 is 2.21 bits per heavy atom. The number of likely N-dealkylation sites (N-methyl/N-ethyl adjacent to an activating group) is 1. The monoisotopic (exact) mass is 340 g/mol. The molecule has 0 unspecified atom stereocenters. The van der Waals surface area contributed by atoms with Crippen LogP contribution >= 0.6 is 27.3 Å². The van der Waals surface area contributed by atoms with Crippen molar-refractivity contribution < 1.29 is 4.79 Å². The number of carbonyl (C=O) groups excluding carboxylic acids is 1. The minimum Gasteiger partial charge on any atom is -0.340 e. The van der Waals surface area contributed by atoms with Crippen LogP contribution in [0.3, 0.4) is 0 Å². The second-order valence-corrected chi connectivity index (χ2v) is 5.89. The summed E-state index contributed by atoms with van der Waals surface area (Å²) in [6, 6.07) is 5.09. The molecule has 2 heterocycles. The van der Waals surface area contributed by atoms with Crippen molar-refractivity contribution in [3.8, 4) is 0 Å². The topological polar surface area (TPSA) is 42.3 Å². The number of rotatable bonds is 4. The highest BCUT2D eigenvalue weighted by Gasteiger charge is 2.11. The number of halogens is 1. The van der Waals surface area contributed by atoms with E-state index in [1.165, 1.54) is 10.6 Å². The first-order chi connectivity index (χ1) is 9.06. The Morgan fingerprint density at radius 1 is 1.42 bits per heavy atom. The Balaban J connectivity index is 2.04. The lowest BCUT2D eigenvalue weighted by molar-refractivity contribution is -0.131. The summed E-state index contributed by atoms with van der Waals surface area (Å²) in [4.78, 5) is 25.3. The molecule has 0 atom stereocenters. The Labute approximate surface area is 123 Å². The highest BCUT2D eigenvalue weighted by molar-refractivity contribution is 9.10. The van der Waals surface area contributed by atoms with Crippen LogP contribution in [0, 0.1) is 0 Å². The van der Waals surface area contributed by atoms with Crippen LogP contribution in [0.5, 0.6) is 0 Å². The molecule has 100 valence electrons. The number of hydrogen-bond donors (Lipinski definition) is 0. The molecule has 2 rings (SSSR count). The zero-order valence-corrected chi connectivity index (χ0v) is 12.8. The van der Waals surface area contributed by atoms with Gasteiger partial charge in [0, 0.05) is 30.3 Å². The maximum absolute atomic E-state index is 12.1. The third-order valence-electron chi connectivity index (χ3n) is 2.68. The largest absolute Gasteiger partial charge is 0.340 e. The first kappa shape index (κ1) is 14.0. The summed E-state index contributed by atoms with van der Waals surface area (Å²) in [5.41, 5.74) is 0.919. The van der Waals surface area contributed by atoms with Crippen molar-refractivity contribution in [1.29, 1.82) is 0 Å². The molecule has 0 aliphatic carbocycles. The lowest BCUT2D eigenvalue weighted by atomic mass is 10.3. The van der Waals surface area contributed by atoms with Gasteiger partial charge in [0.15, 0.2) is 0 Å². The van der Waals surface area contributed by atoms with Crippen LogP contribution in [-0.2, 0) is 17.9 Å². The molecule has 0 saturated carbocycles. The summed E-state index contributed by atoms with van der Waals surface area (Å²) in [5.74, 6) is -0.0913. The molecule has 0 aliphatic rings. The van der Waals surface area contributed by atoms with Crippen LogP contribution in [0.1, 0.15) is 5.56 Å². The number of hydrogen-bond acceptors (Lipinski definition) is 3. The average Bonchev–Trinajstić information content (AvgIpc) is 2.86. The van der Waals surface area contributed by atoms with Gasteiger partial charge in [-0.05, 0) is 44.4 Å². The van der Waals surface area contributed by atoms with E-state index in [1.807, 2.05) is 16.8 Å². The minimum absolute atomic E-state index is 0.0545. The van der Waals surface area contributed by atoms with Crippen molar-refractivity contribution in [1.82, 2.24) is 9.47 Å².